The maximum Gasteiger partial charge on any atom is 0.323 e. The molecular formula is C20H23N5O3S2. The van der Waals surface area contributed by atoms with Gasteiger partial charge >= 0.3 is 6.03 Å². The zero-order valence-electron chi connectivity index (χ0n) is 16.8. The number of benzene rings is 1. The Morgan fingerprint density at radius 2 is 2.13 bits per heavy atom. The molecular weight excluding hydrogens is 422 g/mol. The van der Waals surface area contributed by atoms with Gasteiger partial charge in [0.25, 0.3) is 0 Å². The summed E-state index contributed by atoms with van der Waals surface area (Å²) >= 11 is 2.91. The number of nitrogens with zero attached hydrogens (tertiary/aromatic N) is 3. The van der Waals surface area contributed by atoms with E-state index in [1.54, 1.807) is 26.9 Å². The van der Waals surface area contributed by atoms with Crippen LogP contribution in [-0.4, -0.2) is 58.5 Å². The number of aryl methyl sites for hydroxylation is 2. The normalized spacial score (nSPS) is 18.6. The number of aromatic nitrogens is 1. The van der Waals surface area contributed by atoms with Crippen molar-refractivity contribution in [3.63, 3.8) is 0 Å². The maximum absolute atomic E-state index is 12.9. The average molecular weight is 446 g/mol. The Labute approximate surface area is 183 Å². The van der Waals surface area contributed by atoms with Crippen LogP contribution in [0.4, 0.5) is 15.6 Å². The van der Waals surface area contributed by atoms with Crippen molar-refractivity contribution in [2.45, 2.75) is 26.3 Å². The summed E-state index contributed by atoms with van der Waals surface area (Å²) in [4.78, 5) is 45.1. The number of carbonyl (C=O) groups excluding carboxylic acids is 3. The molecule has 1 unspecified atom stereocenters. The molecule has 1 aromatic carbocycles. The number of carbonyl (C=O) groups is 3. The zero-order valence-corrected chi connectivity index (χ0v) is 18.4. The largest absolute Gasteiger partial charge is 0.336 e. The lowest BCUT2D eigenvalue weighted by molar-refractivity contribution is -0.135. The standard InChI is InChI=1S/C20H23N5O3S2/c1-12-3-4-14(7-13(12)2)22-18(27)16-10-29-11-25(16)17(26)8-15-9-30-20(23-15)24-6-5-21-19(24)28/h3-4,7,9,16H,5-6,8,10-11H2,1-2H3,(H,21,28)(H,22,27). The SMILES string of the molecule is Cc1ccc(NC(=O)C2CSCN2C(=O)Cc2csc(N3CCNC3=O)n2)cc1C. The fourth-order valence-electron chi connectivity index (χ4n) is 3.36. The fourth-order valence-corrected chi connectivity index (χ4v) is 5.39. The summed E-state index contributed by atoms with van der Waals surface area (Å²) in [5.41, 5.74) is 3.62. The predicted molar refractivity (Wildman–Crippen MR) is 119 cm³/mol. The predicted octanol–water partition coefficient (Wildman–Crippen LogP) is 2.37. The molecule has 2 aliphatic heterocycles. The highest BCUT2D eigenvalue weighted by Crippen LogP contribution is 2.26. The van der Waals surface area contributed by atoms with Crippen LogP contribution in [0, 0.1) is 13.8 Å². The van der Waals surface area contributed by atoms with Gasteiger partial charge in [-0.25, -0.2) is 9.78 Å². The Balaban J connectivity index is 1.39. The molecule has 2 N–H and O–H groups in total. The Kier molecular flexibility index (Phi) is 5.96. The van der Waals surface area contributed by atoms with Crippen LogP contribution in [0.5, 0.6) is 0 Å². The molecule has 8 nitrogen and oxygen atoms in total. The molecule has 1 aromatic heterocycles. The monoisotopic (exact) mass is 445 g/mol. The highest BCUT2D eigenvalue weighted by molar-refractivity contribution is 7.99. The minimum atomic E-state index is -0.508. The van der Waals surface area contributed by atoms with E-state index in [1.165, 1.54) is 11.3 Å². The van der Waals surface area contributed by atoms with Crippen LogP contribution in [0.1, 0.15) is 16.8 Å². The smallest absolute Gasteiger partial charge is 0.323 e. The van der Waals surface area contributed by atoms with Crippen LogP contribution >= 0.6 is 23.1 Å². The van der Waals surface area contributed by atoms with Crippen LogP contribution in [0.25, 0.3) is 0 Å². The van der Waals surface area contributed by atoms with Gasteiger partial charge in [-0.15, -0.1) is 23.1 Å². The van der Waals surface area contributed by atoms with Gasteiger partial charge in [0.2, 0.25) is 11.8 Å². The van der Waals surface area contributed by atoms with Crippen LogP contribution in [0.3, 0.4) is 0 Å². The Hall–Kier alpha value is -2.59. The highest BCUT2D eigenvalue weighted by atomic mass is 32.2. The lowest BCUT2D eigenvalue weighted by Gasteiger charge is -2.23. The molecule has 1 atom stereocenters. The number of anilines is 2. The molecule has 4 amide bonds. The lowest BCUT2D eigenvalue weighted by Crippen LogP contribution is -2.45. The summed E-state index contributed by atoms with van der Waals surface area (Å²) in [7, 11) is 0. The number of thiazole rings is 1. The van der Waals surface area contributed by atoms with Crippen LogP contribution in [0.2, 0.25) is 0 Å². The van der Waals surface area contributed by atoms with E-state index in [2.05, 4.69) is 15.6 Å². The van der Waals surface area contributed by atoms with E-state index in [0.717, 1.165) is 16.8 Å². The summed E-state index contributed by atoms with van der Waals surface area (Å²) in [6, 6.07) is 5.11. The Bertz CT molecular complexity index is 993. The van der Waals surface area contributed by atoms with Gasteiger partial charge < -0.3 is 15.5 Å². The maximum atomic E-state index is 12.9. The van der Waals surface area contributed by atoms with E-state index >= 15 is 0 Å². The molecule has 30 heavy (non-hydrogen) atoms. The number of hydrogen-bond acceptors (Lipinski definition) is 6. The molecule has 0 spiro atoms. The quantitative estimate of drug-likeness (QED) is 0.737. The van der Waals surface area contributed by atoms with Crippen molar-refractivity contribution in [1.82, 2.24) is 15.2 Å². The van der Waals surface area contributed by atoms with Gasteiger partial charge in [0.15, 0.2) is 5.13 Å². The second-order valence-corrected chi connectivity index (χ2v) is 9.19. The lowest BCUT2D eigenvalue weighted by atomic mass is 10.1. The van der Waals surface area contributed by atoms with E-state index in [-0.39, 0.29) is 24.3 Å². The van der Waals surface area contributed by atoms with Crippen molar-refractivity contribution in [3.05, 3.63) is 40.4 Å². The Morgan fingerprint density at radius 1 is 1.30 bits per heavy atom. The van der Waals surface area contributed by atoms with Crippen molar-refractivity contribution in [2.24, 2.45) is 0 Å². The molecule has 2 fully saturated rings. The summed E-state index contributed by atoms with van der Waals surface area (Å²) in [6.07, 6.45) is 0.111. The molecule has 0 radical (unpaired) electrons. The number of rotatable bonds is 5. The summed E-state index contributed by atoms with van der Waals surface area (Å²) in [5, 5.41) is 8.06. The molecule has 0 aliphatic carbocycles. The molecule has 2 saturated heterocycles. The van der Waals surface area contributed by atoms with Crippen molar-refractivity contribution in [1.29, 1.82) is 0 Å². The number of urea groups is 1. The molecule has 2 aliphatic rings. The van der Waals surface area contributed by atoms with Gasteiger partial charge in [-0.3, -0.25) is 14.5 Å². The van der Waals surface area contributed by atoms with E-state index in [1.807, 2.05) is 32.0 Å². The first-order valence-corrected chi connectivity index (χ1v) is 11.7. The number of thioether (sulfide) groups is 1. The van der Waals surface area contributed by atoms with Crippen molar-refractivity contribution < 1.29 is 14.4 Å². The third-order valence-corrected chi connectivity index (χ3v) is 7.16. The van der Waals surface area contributed by atoms with Gasteiger partial charge in [0, 0.05) is 29.9 Å². The van der Waals surface area contributed by atoms with Gasteiger partial charge in [0.05, 0.1) is 18.0 Å². The highest BCUT2D eigenvalue weighted by Gasteiger charge is 2.35. The van der Waals surface area contributed by atoms with Crippen LogP contribution < -0.4 is 15.5 Å². The van der Waals surface area contributed by atoms with Crippen LogP contribution in [0.15, 0.2) is 23.6 Å². The third kappa shape index (κ3) is 4.29. The zero-order chi connectivity index (χ0) is 21.3. The minimum absolute atomic E-state index is 0.111. The molecule has 4 rings (SSSR count). The minimum Gasteiger partial charge on any atom is -0.336 e. The average Bonchev–Trinajstić information content (AvgIpc) is 3.45. The number of amides is 4. The summed E-state index contributed by atoms with van der Waals surface area (Å²) < 4.78 is 0. The third-order valence-electron chi connectivity index (χ3n) is 5.24. The number of nitrogens with one attached hydrogen (secondary N) is 2. The van der Waals surface area contributed by atoms with Crippen molar-refractivity contribution >= 4 is 51.8 Å². The van der Waals surface area contributed by atoms with E-state index in [4.69, 9.17) is 0 Å². The Morgan fingerprint density at radius 3 is 2.87 bits per heavy atom. The second kappa shape index (κ2) is 8.65. The molecule has 2 aromatic rings. The van der Waals surface area contributed by atoms with Crippen molar-refractivity contribution in [2.75, 3.05) is 34.9 Å². The van der Waals surface area contributed by atoms with E-state index in [9.17, 15) is 14.4 Å². The molecule has 158 valence electrons. The molecule has 0 bridgehead atoms. The van der Waals surface area contributed by atoms with Gasteiger partial charge in [-0.05, 0) is 37.1 Å². The molecule has 3 heterocycles. The number of hydrogen-bond donors (Lipinski definition) is 2. The summed E-state index contributed by atoms with van der Waals surface area (Å²) in [5.74, 6) is 0.737. The molecule has 0 saturated carbocycles. The van der Waals surface area contributed by atoms with Crippen LogP contribution in [-0.2, 0) is 16.0 Å². The van der Waals surface area contributed by atoms with Gasteiger partial charge in [0.1, 0.15) is 6.04 Å². The fraction of sp³-hybridized carbons (Fsp3) is 0.400. The van der Waals surface area contributed by atoms with E-state index < -0.39 is 6.04 Å². The summed E-state index contributed by atoms with van der Waals surface area (Å²) in [6.45, 7) is 5.19. The first-order chi connectivity index (χ1) is 14.4. The van der Waals surface area contributed by atoms with Gasteiger partial charge in [-0.1, -0.05) is 6.07 Å². The van der Waals surface area contributed by atoms with Gasteiger partial charge in [-0.2, -0.15) is 0 Å². The first-order valence-electron chi connectivity index (χ1n) is 9.67. The second-order valence-electron chi connectivity index (χ2n) is 7.35. The van der Waals surface area contributed by atoms with E-state index in [0.29, 0.717) is 35.5 Å². The topological polar surface area (TPSA) is 94.6 Å². The molecule has 10 heteroatoms. The van der Waals surface area contributed by atoms with Crippen molar-refractivity contribution in [3.8, 4) is 0 Å². The first kappa shape index (κ1) is 20.7.